The van der Waals surface area contributed by atoms with Gasteiger partial charge in [-0.1, -0.05) is 92.5 Å². The average Bonchev–Trinajstić information content (AvgIpc) is 2.83. The molecule has 0 fully saturated rings. The Morgan fingerprint density at radius 1 is 0.658 bits per heavy atom. The van der Waals surface area contributed by atoms with E-state index in [1.54, 1.807) is 0 Å². The van der Waals surface area contributed by atoms with Crippen LogP contribution in [0.3, 0.4) is 0 Å². The third-order valence-electron chi connectivity index (χ3n) is 8.19. The molecule has 0 aromatic heterocycles. The van der Waals surface area contributed by atoms with Crippen molar-refractivity contribution in [2.75, 3.05) is 13.2 Å². The smallest absolute Gasteiger partial charge is 0.123 e. The van der Waals surface area contributed by atoms with E-state index < -0.39 is 0 Å². The quantitative estimate of drug-likeness (QED) is 0.190. The molecule has 4 heteroatoms. The number of benzene rings is 2. The molecule has 4 N–H and O–H groups in total. The highest BCUT2D eigenvalue weighted by Gasteiger charge is 2.33. The van der Waals surface area contributed by atoms with Crippen molar-refractivity contribution in [1.29, 1.82) is 0 Å². The summed E-state index contributed by atoms with van der Waals surface area (Å²) in [5.41, 5.74) is 5.40. The van der Waals surface area contributed by atoms with Crippen LogP contribution in [0.25, 0.3) is 0 Å². The second kappa shape index (κ2) is 13.8. The van der Waals surface area contributed by atoms with Crippen LogP contribution in [0, 0.1) is 5.92 Å². The molecule has 2 aromatic rings. The standard InChI is InChI=1S/C34H54O4/c1-9-15-33(5,6)28-21-24(13-11-17-35)19-26(31(28)37)30(23(3)4)27-20-25(14-12-18-36)22-29(32(27)38)34(7,8)16-10-2/h19-23,30,35-38H,9-18H2,1-8H3. The van der Waals surface area contributed by atoms with E-state index in [4.69, 9.17) is 0 Å². The van der Waals surface area contributed by atoms with Gasteiger partial charge in [-0.15, -0.1) is 0 Å². The molecule has 4 nitrogen and oxygen atoms in total. The number of phenolic OH excluding ortho intramolecular Hbond substituents is 2. The SMILES string of the molecule is CCCC(C)(C)c1cc(CCCO)cc(C(c2cc(CCCO)cc(C(C)(C)CCC)c2O)C(C)C)c1O. The second-order valence-electron chi connectivity index (χ2n) is 12.8. The molecule has 0 saturated carbocycles. The maximum atomic E-state index is 11.8. The normalized spacial score (nSPS) is 12.6. The van der Waals surface area contributed by atoms with Crippen molar-refractivity contribution >= 4 is 0 Å². The van der Waals surface area contributed by atoms with E-state index in [1.165, 1.54) is 0 Å². The van der Waals surface area contributed by atoms with Crippen molar-refractivity contribution < 1.29 is 20.4 Å². The van der Waals surface area contributed by atoms with Gasteiger partial charge in [-0.05, 0) is 66.4 Å². The average molecular weight is 527 g/mol. The van der Waals surface area contributed by atoms with Gasteiger partial charge in [-0.2, -0.15) is 0 Å². The van der Waals surface area contributed by atoms with Gasteiger partial charge in [-0.3, -0.25) is 0 Å². The van der Waals surface area contributed by atoms with Crippen LogP contribution < -0.4 is 0 Å². The molecule has 0 atom stereocenters. The molecule has 0 unspecified atom stereocenters. The van der Waals surface area contributed by atoms with E-state index in [0.717, 1.165) is 71.9 Å². The maximum absolute atomic E-state index is 11.8. The van der Waals surface area contributed by atoms with E-state index >= 15 is 0 Å². The Balaban J connectivity index is 2.89. The number of phenols is 2. The molecular weight excluding hydrogens is 472 g/mol. The summed E-state index contributed by atoms with van der Waals surface area (Å²) in [7, 11) is 0. The molecule has 0 bridgehead atoms. The number of aromatic hydroxyl groups is 2. The van der Waals surface area contributed by atoms with E-state index in [0.29, 0.717) is 24.3 Å². The van der Waals surface area contributed by atoms with Gasteiger partial charge < -0.3 is 20.4 Å². The van der Waals surface area contributed by atoms with Gasteiger partial charge in [0.25, 0.3) is 0 Å². The zero-order valence-corrected chi connectivity index (χ0v) is 25.3. The van der Waals surface area contributed by atoms with Gasteiger partial charge in [0, 0.05) is 41.4 Å². The summed E-state index contributed by atoms with van der Waals surface area (Å²) in [6.45, 7) is 17.6. The fraction of sp³-hybridized carbons (Fsp3) is 0.647. The minimum Gasteiger partial charge on any atom is -0.507 e. The van der Waals surface area contributed by atoms with Crippen LogP contribution in [0.2, 0.25) is 0 Å². The fourth-order valence-corrected chi connectivity index (χ4v) is 6.20. The lowest BCUT2D eigenvalue weighted by molar-refractivity contribution is 0.288. The molecule has 0 amide bonds. The van der Waals surface area contributed by atoms with E-state index in [9.17, 15) is 20.4 Å². The fourth-order valence-electron chi connectivity index (χ4n) is 6.20. The van der Waals surface area contributed by atoms with Crippen LogP contribution in [0.15, 0.2) is 24.3 Å². The topological polar surface area (TPSA) is 80.9 Å². The van der Waals surface area contributed by atoms with Gasteiger partial charge in [0.1, 0.15) is 11.5 Å². The molecule has 2 aromatic carbocycles. The van der Waals surface area contributed by atoms with E-state index in [-0.39, 0.29) is 35.9 Å². The van der Waals surface area contributed by atoms with Crippen molar-refractivity contribution in [2.24, 2.45) is 5.92 Å². The van der Waals surface area contributed by atoms with Gasteiger partial charge in [-0.25, -0.2) is 0 Å². The summed E-state index contributed by atoms with van der Waals surface area (Å²) in [5.74, 6) is 0.566. The Kier molecular flexibility index (Phi) is 11.7. The molecule has 2 rings (SSSR count). The lowest BCUT2D eigenvalue weighted by Gasteiger charge is -2.33. The number of hydrogen-bond donors (Lipinski definition) is 4. The predicted octanol–water partition coefficient (Wildman–Crippen LogP) is 7.89. The maximum Gasteiger partial charge on any atom is 0.123 e. The van der Waals surface area contributed by atoms with Crippen LogP contribution in [0.1, 0.15) is 133 Å². The summed E-state index contributed by atoms with van der Waals surface area (Å²) >= 11 is 0. The predicted molar refractivity (Wildman–Crippen MR) is 160 cm³/mol. The zero-order chi connectivity index (χ0) is 28.7. The van der Waals surface area contributed by atoms with E-state index in [1.807, 2.05) is 0 Å². The lowest BCUT2D eigenvalue weighted by Crippen LogP contribution is -2.21. The number of rotatable bonds is 15. The minimum absolute atomic E-state index is 0.122. The Morgan fingerprint density at radius 2 is 1.03 bits per heavy atom. The third-order valence-corrected chi connectivity index (χ3v) is 8.19. The first-order valence-electron chi connectivity index (χ1n) is 14.8. The van der Waals surface area contributed by atoms with Gasteiger partial charge in [0.05, 0.1) is 0 Å². The number of aryl methyl sites for hydroxylation is 2. The number of aliphatic hydroxyl groups is 2. The molecular formula is C34H54O4. The van der Waals surface area contributed by atoms with Crippen molar-refractivity contribution in [1.82, 2.24) is 0 Å². The first kappa shape index (κ1) is 32.2. The van der Waals surface area contributed by atoms with Crippen molar-refractivity contribution in [3.63, 3.8) is 0 Å². The first-order valence-corrected chi connectivity index (χ1v) is 14.8. The Hall–Kier alpha value is -2.04. The van der Waals surface area contributed by atoms with Crippen LogP contribution in [-0.4, -0.2) is 33.6 Å². The highest BCUT2D eigenvalue weighted by atomic mass is 16.3. The van der Waals surface area contributed by atoms with Gasteiger partial charge in [0.2, 0.25) is 0 Å². The zero-order valence-electron chi connectivity index (χ0n) is 25.3. The molecule has 0 saturated heterocycles. The largest absolute Gasteiger partial charge is 0.507 e. The highest BCUT2D eigenvalue weighted by Crippen LogP contribution is 2.48. The second-order valence-corrected chi connectivity index (χ2v) is 12.8. The van der Waals surface area contributed by atoms with Crippen molar-refractivity contribution in [2.45, 2.75) is 124 Å². The van der Waals surface area contributed by atoms with Crippen molar-refractivity contribution in [3.8, 4) is 11.5 Å². The van der Waals surface area contributed by atoms with Crippen LogP contribution in [-0.2, 0) is 23.7 Å². The molecule has 0 heterocycles. The molecule has 0 spiro atoms. The Labute approximate surface area is 232 Å². The Bertz CT molecular complexity index is 956. The molecule has 0 aliphatic heterocycles. The minimum atomic E-state index is -0.205. The molecule has 214 valence electrons. The van der Waals surface area contributed by atoms with Crippen LogP contribution >= 0.6 is 0 Å². The number of hydrogen-bond acceptors (Lipinski definition) is 4. The number of aliphatic hydroxyl groups excluding tert-OH is 2. The summed E-state index contributed by atoms with van der Waals surface area (Å²) in [4.78, 5) is 0. The summed E-state index contributed by atoms with van der Waals surface area (Å²) in [6.07, 6.45) is 6.74. The van der Waals surface area contributed by atoms with Crippen molar-refractivity contribution in [3.05, 3.63) is 57.6 Å². The summed E-state index contributed by atoms with van der Waals surface area (Å²) in [5, 5.41) is 42.7. The van der Waals surface area contributed by atoms with Gasteiger partial charge in [0.15, 0.2) is 0 Å². The molecule has 0 aliphatic rings. The summed E-state index contributed by atoms with van der Waals surface area (Å²) < 4.78 is 0. The molecule has 0 radical (unpaired) electrons. The Morgan fingerprint density at radius 3 is 1.32 bits per heavy atom. The van der Waals surface area contributed by atoms with Gasteiger partial charge >= 0.3 is 0 Å². The molecule has 0 aliphatic carbocycles. The monoisotopic (exact) mass is 526 g/mol. The first-order chi connectivity index (χ1) is 17.8. The van der Waals surface area contributed by atoms with E-state index in [2.05, 4.69) is 79.7 Å². The highest BCUT2D eigenvalue weighted by molar-refractivity contribution is 5.57. The van der Waals surface area contributed by atoms with Crippen LogP contribution in [0.5, 0.6) is 11.5 Å². The summed E-state index contributed by atoms with van der Waals surface area (Å²) in [6, 6.07) is 8.43. The third kappa shape index (κ3) is 7.54. The lowest BCUT2D eigenvalue weighted by atomic mass is 9.72. The molecule has 38 heavy (non-hydrogen) atoms. The van der Waals surface area contributed by atoms with Crippen LogP contribution in [0.4, 0.5) is 0 Å².